The molecule has 0 heterocycles. The second kappa shape index (κ2) is 13.9. The van der Waals surface area contributed by atoms with Crippen LogP contribution in [-0.4, -0.2) is 54.1 Å². The molecule has 0 aromatic carbocycles. The van der Waals surface area contributed by atoms with E-state index >= 15 is 0 Å². The summed E-state index contributed by atoms with van der Waals surface area (Å²) in [4.78, 5) is 10.3. The van der Waals surface area contributed by atoms with E-state index in [4.69, 9.17) is 13.3 Å². The average Bonchev–Trinajstić information content (AvgIpc) is 2.44. The summed E-state index contributed by atoms with van der Waals surface area (Å²) < 4.78 is 15.8. The van der Waals surface area contributed by atoms with Gasteiger partial charge >= 0.3 is 8.80 Å². The van der Waals surface area contributed by atoms with Gasteiger partial charge in [-0.1, -0.05) is 6.92 Å². The van der Waals surface area contributed by atoms with E-state index in [1.165, 1.54) is 6.92 Å². The van der Waals surface area contributed by atoms with E-state index in [1.54, 1.807) is 21.3 Å². The summed E-state index contributed by atoms with van der Waals surface area (Å²) in [7, 11) is 2.69. The van der Waals surface area contributed by atoms with Crippen molar-refractivity contribution in [2.75, 3.05) is 33.3 Å². The normalized spacial score (nSPS) is 12.3. The summed E-state index contributed by atoms with van der Waals surface area (Å²) >= 11 is 1.83. The van der Waals surface area contributed by atoms with Gasteiger partial charge in [0.25, 0.3) is 0 Å². The van der Waals surface area contributed by atoms with Crippen molar-refractivity contribution in [2.24, 2.45) is 0 Å². The lowest BCUT2D eigenvalue weighted by atomic mass is 10.3. The molecule has 0 radical (unpaired) electrons. The monoisotopic (exact) mass is 325 g/mol. The maximum atomic E-state index is 10.3. The molecule has 0 aliphatic rings. The SMILES string of the molecule is CCC(C)NC(C)=O.CO[Si](CCCSC)(OC)OC. The number of carbonyl (C=O) groups excluding carboxylic acids is 1. The van der Waals surface area contributed by atoms with Crippen molar-refractivity contribution in [3.8, 4) is 0 Å². The molecule has 20 heavy (non-hydrogen) atoms. The first-order valence-electron chi connectivity index (χ1n) is 6.82. The fourth-order valence-corrected chi connectivity index (χ4v) is 3.85. The molecule has 1 amide bonds. The molecule has 0 aromatic rings. The predicted octanol–water partition coefficient (Wildman–Crippen LogP) is 2.54. The molecule has 1 N–H and O–H groups in total. The summed E-state index contributed by atoms with van der Waals surface area (Å²) in [6, 6.07) is 1.23. The number of nitrogens with one attached hydrogen (secondary N) is 1. The Labute approximate surface area is 129 Å². The second-order valence-electron chi connectivity index (χ2n) is 4.40. The zero-order chi connectivity index (χ0) is 16.0. The van der Waals surface area contributed by atoms with Crippen molar-refractivity contribution in [3.63, 3.8) is 0 Å². The summed E-state index contributed by atoms with van der Waals surface area (Å²) in [6.07, 6.45) is 4.18. The van der Waals surface area contributed by atoms with Gasteiger partial charge in [-0.15, -0.1) is 0 Å². The molecule has 0 saturated heterocycles. The van der Waals surface area contributed by atoms with Crippen LogP contribution in [0.5, 0.6) is 0 Å². The Kier molecular flexibility index (Phi) is 15.4. The van der Waals surface area contributed by atoms with E-state index < -0.39 is 8.80 Å². The summed E-state index contributed by atoms with van der Waals surface area (Å²) in [5, 5.41) is 2.75. The highest BCUT2D eigenvalue weighted by Gasteiger charge is 2.36. The van der Waals surface area contributed by atoms with Crippen LogP contribution in [0.3, 0.4) is 0 Å². The molecule has 0 fully saturated rings. The molecule has 5 nitrogen and oxygen atoms in total. The van der Waals surface area contributed by atoms with E-state index in [-0.39, 0.29) is 5.91 Å². The van der Waals surface area contributed by atoms with Gasteiger partial charge in [-0.2, -0.15) is 11.8 Å². The van der Waals surface area contributed by atoms with Gasteiger partial charge in [0.05, 0.1) is 0 Å². The Morgan fingerprint density at radius 2 is 1.75 bits per heavy atom. The van der Waals surface area contributed by atoms with Crippen LogP contribution < -0.4 is 5.32 Å². The van der Waals surface area contributed by atoms with Crippen molar-refractivity contribution in [2.45, 2.75) is 45.7 Å². The van der Waals surface area contributed by atoms with Crippen molar-refractivity contribution in [1.82, 2.24) is 5.32 Å². The van der Waals surface area contributed by atoms with E-state index in [1.807, 2.05) is 25.6 Å². The number of hydrogen-bond acceptors (Lipinski definition) is 5. The summed E-state index contributed by atoms with van der Waals surface area (Å²) in [6.45, 7) is 5.56. The molecule has 122 valence electrons. The Balaban J connectivity index is 0. The lowest BCUT2D eigenvalue weighted by molar-refractivity contribution is -0.119. The molecule has 1 unspecified atom stereocenters. The first kappa shape index (κ1) is 22.2. The standard InChI is InChI=1S/C7H18O3SSi.C6H13NO/c1-8-12(9-2,10-3)7-5-6-11-4;1-4-5(2)7-6(3)8/h5-7H2,1-4H3;5H,4H2,1-3H3,(H,7,8). The third-order valence-electron chi connectivity index (χ3n) is 2.83. The van der Waals surface area contributed by atoms with E-state index in [9.17, 15) is 4.79 Å². The average molecular weight is 326 g/mol. The van der Waals surface area contributed by atoms with E-state index in [0.717, 1.165) is 24.6 Å². The minimum Gasteiger partial charge on any atom is -0.377 e. The van der Waals surface area contributed by atoms with Gasteiger partial charge in [-0.25, -0.2) is 0 Å². The van der Waals surface area contributed by atoms with E-state index in [2.05, 4.69) is 11.6 Å². The van der Waals surface area contributed by atoms with Gasteiger partial charge in [0.2, 0.25) is 5.91 Å². The quantitative estimate of drug-likeness (QED) is 0.521. The van der Waals surface area contributed by atoms with Crippen molar-refractivity contribution < 1.29 is 18.1 Å². The Morgan fingerprint density at radius 1 is 1.25 bits per heavy atom. The van der Waals surface area contributed by atoms with Gasteiger partial charge in [-0.3, -0.25) is 4.79 Å². The minimum atomic E-state index is -2.27. The number of amides is 1. The van der Waals surface area contributed by atoms with Crippen LogP contribution in [0, 0.1) is 0 Å². The molecule has 0 rings (SSSR count). The van der Waals surface area contributed by atoms with Gasteiger partial charge in [0.15, 0.2) is 0 Å². The second-order valence-corrected chi connectivity index (χ2v) is 8.48. The Hall–Kier alpha value is -0.0831. The Bertz CT molecular complexity index is 232. The van der Waals surface area contributed by atoms with Crippen LogP contribution in [0.4, 0.5) is 0 Å². The van der Waals surface area contributed by atoms with E-state index in [0.29, 0.717) is 6.04 Å². The molecule has 0 spiro atoms. The number of hydrogen-bond donors (Lipinski definition) is 1. The van der Waals surface area contributed by atoms with Crippen LogP contribution in [-0.2, 0) is 18.1 Å². The van der Waals surface area contributed by atoms with Crippen LogP contribution in [0.1, 0.15) is 33.6 Å². The third-order valence-corrected chi connectivity index (χ3v) is 6.36. The number of rotatable bonds is 9. The summed E-state index contributed by atoms with van der Waals surface area (Å²) in [5.41, 5.74) is 0. The van der Waals surface area contributed by atoms with Crippen molar-refractivity contribution in [3.05, 3.63) is 0 Å². The molecule has 0 aromatic heterocycles. The zero-order valence-electron chi connectivity index (χ0n) is 13.9. The fourth-order valence-electron chi connectivity index (χ4n) is 1.44. The number of carbonyl (C=O) groups is 1. The maximum absolute atomic E-state index is 10.3. The Morgan fingerprint density at radius 3 is 2.00 bits per heavy atom. The molecule has 0 saturated carbocycles. The fraction of sp³-hybridized carbons (Fsp3) is 0.923. The lowest BCUT2D eigenvalue weighted by Gasteiger charge is -2.23. The topological polar surface area (TPSA) is 56.8 Å². The van der Waals surface area contributed by atoms with Crippen molar-refractivity contribution in [1.29, 1.82) is 0 Å². The van der Waals surface area contributed by atoms with Gasteiger partial charge in [0.1, 0.15) is 0 Å². The molecule has 1 atom stereocenters. The molecule has 0 bridgehead atoms. The summed E-state index contributed by atoms with van der Waals surface area (Å²) in [5.74, 6) is 1.18. The predicted molar refractivity (Wildman–Crippen MR) is 88.2 cm³/mol. The van der Waals surface area contributed by atoms with Crippen LogP contribution >= 0.6 is 11.8 Å². The molecular formula is C13H31NO4SSi. The van der Waals surface area contributed by atoms with Crippen LogP contribution in [0.15, 0.2) is 0 Å². The lowest BCUT2D eigenvalue weighted by Crippen LogP contribution is -2.42. The molecule has 7 heteroatoms. The van der Waals surface area contributed by atoms with Gasteiger partial charge in [0, 0.05) is 40.3 Å². The minimum absolute atomic E-state index is 0.0550. The van der Waals surface area contributed by atoms with Crippen LogP contribution in [0.25, 0.3) is 0 Å². The number of thioether (sulfide) groups is 1. The van der Waals surface area contributed by atoms with Gasteiger partial charge < -0.3 is 18.6 Å². The first-order valence-corrected chi connectivity index (χ1v) is 10.1. The third kappa shape index (κ3) is 11.7. The van der Waals surface area contributed by atoms with Gasteiger partial charge in [-0.05, 0) is 31.8 Å². The molecular weight excluding hydrogens is 294 g/mol. The smallest absolute Gasteiger partial charge is 0.377 e. The highest BCUT2D eigenvalue weighted by Crippen LogP contribution is 2.16. The van der Waals surface area contributed by atoms with Crippen molar-refractivity contribution >= 4 is 26.5 Å². The first-order chi connectivity index (χ1) is 9.41. The zero-order valence-corrected chi connectivity index (χ0v) is 15.8. The largest absolute Gasteiger partial charge is 0.500 e. The van der Waals surface area contributed by atoms with Crippen LogP contribution in [0.2, 0.25) is 6.04 Å². The highest BCUT2D eigenvalue weighted by atomic mass is 32.2. The molecule has 0 aliphatic heterocycles. The maximum Gasteiger partial charge on any atom is 0.500 e. The highest BCUT2D eigenvalue weighted by molar-refractivity contribution is 7.98. The molecule has 0 aliphatic carbocycles.